The van der Waals surface area contributed by atoms with Gasteiger partial charge >= 0.3 is 0 Å². The van der Waals surface area contributed by atoms with Gasteiger partial charge in [-0.1, -0.05) is 11.6 Å². The minimum absolute atomic E-state index is 0.101. The molecule has 1 saturated carbocycles. The largest absolute Gasteiger partial charge is 0.296 e. The van der Waals surface area contributed by atoms with E-state index in [1.165, 1.54) is 0 Å². The number of halogens is 2. The average Bonchev–Trinajstić information content (AvgIpc) is 3.07. The van der Waals surface area contributed by atoms with E-state index in [1.807, 2.05) is 0 Å². The molecule has 0 saturated heterocycles. The molecule has 1 aliphatic carbocycles. The van der Waals surface area contributed by atoms with Gasteiger partial charge in [-0.05, 0) is 37.1 Å². The van der Waals surface area contributed by atoms with Crippen LogP contribution in [0.15, 0.2) is 29.4 Å². The molecule has 100 valence electrons. The molecular formula is C11H9Cl2N3O2S. The van der Waals surface area contributed by atoms with Crippen molar-refractivity contribution in [1.29, 1.82) is 0 Å². The average molecular weight is 318 g/mol. The summed E-state index contributed by atoms with van der Waals surface area (Å²) >= 11 is 5.83. The Morgan fingerprint density at radius 2 is 1.79 bits per heavy atom. The Bertz CT molecular complexity index is 721. The molecule has 3 rings (SSSR count). The van der Waals surface area contributed by atoms with Gasteiger partial charge < -0.3 is 0 Å². The maximum Gasteiger partial charge on any atom is 0.296 e. The van der Waals surface area contributed by atoms with Crippen LogP contribution in [0.1, 0.15) is 18.9 Å². The second kappa shape index (κ2) is 4.47. The van der Waals surface area contributed by atoms with E-state index in [0.717, 1.165) is 18.4 Å². The van der Waals surface area contributed by atoms with Crippen molar-refractivity contribution in [2.45, 2.75) is 24.0 Å². The number of rotatable bonds is 3. The first kappa shape index (κ1) is 12.9. The predicted octanol–water partition coefficient (Wildman–Crippen LogP) is 2.86. The predicted molar refractivity (Wildman–Crippen MR) is 71.8 cm³/mol. The zero-order chi connectivity index (χ0) is 13.6. The molecular weight excluding hydrogens is 309 g/mol. The molecule has 0 unspecified atom stereocenters. The van der Waals surface area contributed by atoms with Crippen LogP contribution in [-0.2, 0) is 9.05 Å². The van der Waals surface area contributed by atoms with Gasteiger partial charge in [0.25, 0.3) is 14.2 Å². The standard InChI is InChI=1S/C11H9Cl2N3O2S/c12-8-3-1-7(2-4-8)10-14-15-11(19(13,17)18)16(10)9-5-6-9/h1-4,9H,5-6H2. The number of nitrogens with zero attached hydrogens (tertiary/aromatic N) is 3. The topological polar surface area (TPSA) is 64.8 Å². The first-order valence-electron chi connectivity index (χ1n) is 5.62. The molecule has 1 fully saturated rings. The summed E-state index contributed by atoms with van der Waals surface area (Å²) in [5.41, 5.74) is 0.760. The highest BCUT2D eigenvalue weighted by atomic mass is 35.7. The van der Waals surface area contributed by atoms with E-state index in [2.05, 4.69) is 10.2 Å². The van der Waals surface area contributed by atoms with Crippen molar-refractivity contribution in [3.63, 3.8) is 0 Å². The van der Waals surface area contributed by atoms with Crippen molar-refractivity contribution in [2.75, 3.05) is 0 Å². The Hall–Kier alpha value is -1.11. The van der Waals surface area contributed by atoms with Gasteiger partial charge in [-0.2, -0.15) is 0 Å². The molecule has 0 amide bonds. The Kier molecular flexibility index (Phi) is 3.03. The Balaban J connectivity index is 2.17. The summed E-state index contributed by atoms with van der Waals surface area (Å²) in [6.07, 6.45) is 1.80. The normalized spacial score (nSPS) is 15.7. The summed E-state index contributed by atoms with van der Waals surface area (Å²) in [5.74, 6) is 0.499. The lowest BCUT2D eigenvalue weighted by Gasteiger charge is -2.07. The minimum Gasteiger partial charge on any atom is -0.294 e. The fourth-order valence-electron chi connectivity index (χ4n) is 1.90. The summed E-state index contributed by atoms with van der Waals surface area (Å²) in [7, 11) is 1.49. The van der Waals surface area contributed by atoms with Crippen molar-refractivity contribution in [3.8, 4) is 11.4 Å². The van der Waals surface area contributed by atoms with Crippen molar-refractivity contribution in [3.05, 3.63) is 29.3 Å². The van der Waals surface area contributed by atoms with Crippen molar-refractivity contribution >= 4 is 31.3 Å². The maximum atomic E-state index is 11.5. The Morgan fingerprint density at radius 3 is 2.32 bits per heavy atom. The summed E-state index contributed by atoms with van der Waals surface area (Å²) < 4.78 is 24.6. The molecule has 0 spiro atoms. The van der Waals surface area contributed by atoms with Crippen LogP contribution in [0.3, 0.4) is 0 Å². The van der Waals surface area contributed by atoms with Crippen LogP contribution in [0.25, 0.3) is 11.4 Å². The first-order valence-corrected chi connectivity index (χ1v) is 8.31. The smallest absolute Gasteiger partial charge is 0.294 e. The quantitative estimate of drug-likeness (QED) is 0.816. The van der Waals surface area contributed by atoms with Gasteiger partial charge in [0, 0.05) is 27.3 Å². The SMILES string of the molecule is O=S(=O)(Cl)c1nnc(-c2ccc(Cl)cc2)n1C1CC1. The molecule has 0 N–H and O–H groups in total. The van der Waals surface area contributed by atoms with Crippen LogP contribution in [-0.4, -0.2) is 23.2 Å². The number of hydrogen-bond donors (Lipinski definition) is 0. The molecule has 0 bridgehead atoms. The van der Waals surface area contributed by atoms with Crippen LogP contribution in [0.2, 0.25) is 5.02 Å². The molecule has 5 nitrogen and oxygen atoms in total. The van der Waals surface area contributed by atoms with Gasteiger partial charge in [0.05, 0.1) is 0 Å². The third kappa shape index (κ3) is 2.48. The summed E-state index contributed by atoms with van der Waals surface area (Å²) in [4.78, 5) is 0. The zero-order valence-electron chi connectivity index (χ0n) is 9.62. The third-order valence-corrected chi connectivity index (χ3v) is 4.28. The lowest BCUT2D eigenvalue weighted by Crippen LogP contribution is -2.06. The molecule has 1 aromatic heterocycles. The lowest BCUT2D eigenvalue weighted by molar-refractivity contribution is 0.579. The van der Waals surface area contributed by atoms with E-state index < -0.39 is 9.05 Å². The summed E-state index contributed by atoms with van der Waals surface area (Å²) in [6, 6.07) is 7.09. The van der Waals surface area contributed by atoms with E-state index in [1.54, 1.807) is 28.8 Å². The third-order valence-electron chi connectivity index (χ3n) is 2.90. The Labute approximate surface area is 119 Å². The lowest BCUT2D eigenvalue weighted by atomic mass is 10.2. The van der Waals surface area contributed by atoms with Crippen LogP contribution in [0, 0.1) is 0 Å². The fourth-order valence-corrected chi connectivity index (χ4v) is 2.95. The molecule has 1 aromatic carbocycles. The van der Waals surface area contributed by atoms with Gasteiger partial charge in [-0.15, -0.1) is 10.2 Å². The van der Waals surface area contributed by atoms with Crippen molar-refractivity contribution in [1.82, 2.24) is 14.8 Å². The number of hydrogen-bond acceptors (Lipinski definition) is 4. The fraction of sp³-hybridized carbons (Fsp3) is 0.273. The van der Waals surface area contributed by atoms with Gasteiger partial charge in [-0.25, -0.2) is 8.42 Å². The van der Waals surface area contributed by atoms with Crippen molar-refractivity contribution < 1.29 is 8.42 Å². The first-order chi connectivity index (χ1) is 8.97. The molecule has 2 aromatic rings. The van der Waals surface area contributed by atoms with Gasteiger partial charge in [0.15, 0.2) is 5.82 Å². The van der Waals surface area contributed by atoms with E-state index >= 15 is 0 Å². The highest BCUT2D eigenvalue weighted by Gasteiger charge is 2.34. The highest BCUT2D eigenvalue weighted by Crippen LogP contribution is 2.40. The summed E-state index contributed by atoms with van der Waals surface area (Å²) in [6.45, 7) is 0. The molecule has 0 radical (unpaired) electrons. The molecule has 0 aliphatic heterocycles. The van der Waals surface area contributed by atoms with Crippen LogP contribution >= 0.6 is 22.3 Å². The number of benzene rings is 1. The van der Waals surface area contributed by atoms with E-state index in [-0.39, 0.29) is 11.2 Å². The molecule has 8 heteroatoms. The second-order valence-corrected chi connectivity index (χ2v) is 7.25. The molecule has 1 heterocycles. The van der Waals surface area contributed by atoms with Crippen LogP contribution in [0.4, 0.5) is 0 Å². The van der Waals surface area contributed by atoms with Gasteiger partial charge in [0.1, 0.15) is 0 Å². The van der Waals surface area contributed by atoms with E-state index in [9.17, 15) is 8.42 Å². The van der Waals surface area contributed by atoms with Gasteiger partial charge in [0.2, 0.25) is 0 Å². The minimum atomic E-state index is -3.90. The van der Waals surface area contributed by atoms with Crippen molar-refractivity contribution in [2.24, 2.45) is 0 Å². The van der Waals surface area contributed by atoms with E-state index in [0.29, 0.717) is 10.8 Å². The Morgan fingerprint density at radius 1 is 1.16 bits per heavy atom. The van der Waals surface area contributed by atoms with E-state index in [4.69, 9.17) is 22.3 Å². The second-order valence-electron chi connectivity index (χ2n) is 4.35. The van der Waals surface area contributed by atoms with Gasteiger partial charge in [-0.3, -0.25) is 4.57 Å². The maximum absolute atomic E-state index is 11.5. The molecule has 1 aliphatic rings. The number of aromatic nitrogens is 3. The highest BCUT2D eigenvalue weighted by molar-refractivity contribution is 8.13. The van der Waals surface area contributed by atoms with Crippen LogP contribution < -0.4 is 0 Å². The molecule has 19 heavy (non-hydrogen) atoms. The van der Waals surface area contributed by atoms with Crippen LogP contribution in [0.5, 0.6) is 0 Å². The zero-order valence-corrected chi connectivity index (χ0v) is 12.0. The summed E-state index contributed by atoms with van der Waals surface area (Å²) in [5, 5.41) is 8.07. The molecule has 0 atom stereocenters. The monoisotopic (exact) mass is 317 g/mol.